The van der Waals surface area contributed by atoms with E-state index in [0.29, 0.717) is 5.92 Å². The second-order valence-electron chi connectivity index (χ2n) is 5.05. The molecule has 1 heterocycles. The molecule has 0 atom stereocenters. The second kappa shape index (κ2) is 4.92. The lowest BCUT2D eigenvalue weighted by Crippen LogP contribution is -2.04. The van der Waals surface area contributed by atoms with Crippen LogP contribution >= 0.6 is 0 Å². The minimum atomic E-state index is -0.207. The number of H-pyrrole nitrogens is 1. The van der Waals surface area contributed by atoms with Crippen LogP contribution in [0.15, 0.2) is 30.3 Å². The molecule has 0 saturated heterocycles. The van der Waals surface area contributed by atoms with Crippen LogP contribution in [0.1, 0.15) is 43.7 Å². The summed E-state index contributed by atoms with van der Waals surface area (Å²) in [5.74, 6) is 0.419. The van der Waals surface area contributed by atoms with Crippen molar-refractivity contribution in [3.8, 4) is 11.3 Å². The summed E-state index contributed by atoms with van der Waals surface area (Å²) in [7, 11) is 0. The number of hydrogen-bond acceptors (Lipinski definition) is 1. The molecule has 1 aliphatic rings. The van der Waals surface area contributed by atoms with Gasteiger partial charge in [-0.05, 0) is 43.2 Å². The molecule has 0 bridgehead atoms. The Balaban J connectivity index is 1.82. The van der Waals surface area contributed by atoms with Crippen LogP contribution in [-0.2, 0) is 0 Å². The Morgan fingerprint density at radius 1 is 1.06 bits per heavy atom. The van der Waals surface area contributed by atoms with E-state index in [1.807, 2.05) is 0 Å². The summed E-state index contributed by atoms with van der Waals surface area (Å²) in [6.45, 7) is 0. The molecule has 2 nitrogen and oxygen atoms in total. The third-order valence-electron chi connectivity index (χ3n) is 3.78. The normalized spacial score (nSPS) is 16.9. The number of nitrogens with one attached hydrogen (secondary N) is 1. The molecule has 18 heavy (non-hydrogen) atoms. The molecule has 0 unspecified atom stereocenters. The molecule has 1 aliphatic carbocycles. The molecule has 3 heteroatoms. The van der Waals surface area contributed by atoms with Gasteiger partial charge in [0.25, 0.3) is 0 Å². The summed E-state index contributed by atoms with van der Waals surface area (Å²) in [6, 6.07) is 8.62. The first-order valence-corrected chi connectivity index (χ1v) is 6.64. The van der Waals surface area contributed by atoms with Gasteiger partial charge in [-0.3, -0.25) is 5.10 Å². The number of rotatable bonds is 2. The third kappa shape index (κ3) is 2.30. The molecule has 1 aromatic carbocycles. The molecule has 0 spiro atoms. The fourth-order valence-electron chi connectivity index (χ4n) is 2.73. The van der Waals surface area contributed by atoms with Gasteiger partial charge in [-0.25, -0.2) is 4.39 Å². The van der Waals surface area contributed by atoms with Crippen molar-refractivity contribution in [2.24, 2.45) is 0 Å². The van der Waals surface area contributed by atoms with Crippen LogP contribution in [-0.4, -0.2) is 10.2 Å². The monoisotopic (exact) mass is 244 g/mol. The van der Waals surface area contributed by atoms with Crippen LogP contribution in [0, 0.1) is 5.82 Å². The van der Waals surface area contributed by atoms with Crippen molar-refractivity contribution in [2.75, 3.05) is 0 Å². The van der Waals surface area contributed by atoms with Gasteiger partial charge in [0.2, 0.25) is 0 Å². The fourth-order valence-corrected chi connectivity index (χ4v) is 2.73. The average Bonchev–Trinajstić information content (AvgIpc) is 2.90. The van der Waals surface area contributed by atoms with E-state index in [1.54, 1.807) is 12.1 Å². The molecule has 1 N–H and O–H groups in total. The number of aromatic nitrogens is 2. The number of benzene rings is 1. The number of aromatic amines is 1. The summed E-state index contributed by atoms with van der Waals surface area (Å²) >= 11 is 0. The highest BCUT2D eigenvalue weighted by atomic mass is 19.1. The molecule has 0 radical (unpaired) electrons. The van der Waals surface area contributed by atoms with Gasteiger partial charge in [-0.1, -0.05) is 19.3 Å². The van der Waals surface area contributed by atoms with Crippen molar-refractivity contribution in [3.63, 3.8) is 0 Å². The van der Waals surface area contributed by atoms with Crippen molar-refractivity contribution >= 4 is 0 Å². The van der Waals surface area contributed by atoms with Crippen molar-refractivity contribution in [3.05, 3.63) is 41.8 Å². The Labute approximate surface area is 106 Å². The van der Waals surface area contributed by atoms with Crippen molar-refractivity contribution < 1.29 is 4.39 Å². The lowest BCUT2D eigenvalue weighted by atomic mass is 9.87. The van der Waals surface area contributed by atoms with Crippen LogP contribution in [0.25, 0.3) is 11.3 Å². The predicted octanol–water partition coefficient (Wildman–Crippen LogP) is 4.26. The van der Waals surface area contributed by atoms with Crippen LogP contribution in [0.5, 0.6) is 0 Å². The first-order valence-electron chi connectivity index (χ1n) is 6.64. The Hall–Kier alpha value is -1.64. The molecular weight excluding hydrogens is 227 g/mol. The Bertz CT molecular complexity index is 510. The zero-order chi connectivity index (χ0) is 12.4. The molecular formula is C15H17FN2. The standard InChI is InChI=1S/C15H17FN2/c16-13-8-6-12(7-9-13)15-10-14(17-18-15)11-4-2-1-3-5-11/h6-11H,1-5H2,(H,17,18). The predicted molar refractivity (Wildman–Crippen MR) is 69.8 cm³/mol. The summed E-state index contributed by atoms with van der Waals surface area (Å²) < 4.78 is 12.9. The molecule has 0 aliphatic heterocycles. The van der Waals surface area contributed by atoms with E-state index in [4.69, 9.17) is 0 Å². The maximum absolute atomic E-state index is 12.9. The van der Waals surface area contributed by atoms with E-state index in [0.717, 1.165) is 11.3 Å². The fraction of sp³-hybridized carbons (Fsp3) is 0.400. The van der Waals surface area contributed by atoms with E-state index in [1.165, 1.54) is 49.9 Å². The van der Waals surface area contributed by atoms with Crippen molar-refractivity contribution in [2.45, 2.75) is 38.0 Å². The van der Waals surface area contributed by atoms with Gasteiger partial charge in [-0.15, -0.1) is 0 Å². The van der Waals surface area contributed by atoms with E-state index in [9.17, 15) is 4.39 Å². The van der Waals surface area contributed by atoms with Crippen LogP contribution in [0.3, 0.4) is 0 Å². The van der Waals surface area contributed by atoms with Gasteiger partial charge in [0.1, 0.15) is 5.82 Å². The highest BCUT2D eigenvalue weighted by Gasteiger charge is 2.17. The second-order valence-corrected chi connectivity index (χ2v) is 5.05. The van der Waals surface area contributed by atoms with Crippen molar-refractivity contribution in [1.82, 2.24) is 10.2 Å². The zero-order valence-corrected chi connectivity index (χ0v) is 10.3. The molecule has 1 saturated carbocycles. The van der Waals surface area contributed by atoms with Gasteiger partial charge in [0.15, 0.2) is 0 Å². The van der Waals surface area contributed by atoms with E-state index in [-0.39, 0.29) is 5.82 Å². The average molecular weight is 244 g/mol. The van der Waals surface area contributed by atoms with Gasteiger partial charge in [-0.2, -0.15) is 5.10 Å². The zero-order valence-electron chi connectivity index (χ0n) is 10.3. The molecule has 3 rings (SSSR count). The SMILES string of the molecule is Fc1ccc(-c2cc(C3CCCCC3)[nH]n2)cc1. The first kappa shape index (κ1) is 11.5. The molecule has 1 aromatic heterocycles. The van der Waals surface area contributed by atoms with Crippen LogP contribution in [0.2, 0.25) is 0 Å². The van der Waals surface area contributed by atoms with E-state index >= 15 is 0 Å². The minimum Gasteiger partial charge on any atom is -0.282 e. The minimum absolute atomic E-state index is 0.207. The van der Waals surface area contributed by atoms with Gasteiger partial charge < -0.3 is 0 Å². The number of hydrogen-bond donors (Lipinski definition) is 1. The summed E-state index contributed by atoms with van der Waals surface area (Å²) in [4.78, 5) is 0. The lowest BCUT2D eigenvalue weighted by Gasteiger charge is -2.19. The van der Waals surface area contributed by atoms with E-state index in [2.05, 4.69) is 16.3 Å². The Morgan fingerprint density at radius 2 is 1.78 bits per heavy atom. The van der Waals surface area contributed by atoms with Gasteiger partial charge in [0, 0.05) is 17.2 Å². The summed E-state index contributed by atoms with van der Waals surface area (Å²) in [5.41, 5.74) is 3.11. The molecule has 94 valence electrons. The van der Waals surface area contributed by atoms with Crippen molar-refractivity contribution in [1.29, 1.82) is 0 Å². The topological polar surface area (TPSA) is 28.7 Å². The smallest absolute Gasteiger partial charge is 0.123 e. The summed E-state index contributed by atoms with van der Waals surface area (Å²) in [6.07, 6.45) is 6.50. The molecule has 0 amide bonds. The number of halogens is 1. The Kier molecular flexibility index (Phi) is 3.13. The Morgan fingerprint density at radius 3 is 2.50 bits per heavy atom. The van der Waals surface area contributed by atoms with Crippen LogP contribution < -0.4 is 0 Å². The molecule has 2 aromatic rings. The van der Waals surface area contributed by atoms with E-state index < -0.39 is 0 Å². The lowest BCUT2D eigenvalue weighted by molar-refractivity contribution is 0.436. The largest absolute Gasteiger partial charge is 0.282 e. The highest BCUT2D eigenvalue weighted by molar-refractivity contribution is 5.59. The van der Waals surface area contributed by atoms with Gasteiger partial charge >= 0.3 is 0 Å². The van der Waals surface area contributed by atoms with Gasteiger partial charge in [0.05, 0.1) is 5.69 Å². The van der Waals surface area contributed by atoms with Crippen LogP contribution in [0.4, 0.5) is 4.39 Å². The summed E-state index contributed by atoms with van der Waals surface area (Å²) in [5, 5.41) is 7.49. The molecule has 1 fully saturated rings. The quantitative estimate of drug-likeness (QED) is 0.840. The first-order chi connectivity index (χ1) is 8.83. The maximum atomic E-state index is 12.9. The third-order valence-corrected chi connectivity index (χ3v) is 3.78. The highest BCUT2D eigenvalue weighted by Crippen LogP contribution is 2.33. The number of nitrogens with zero attached hydrogens (tertiary/aromatic N) is 1. The maximum Gasteiger partial charge on any atom is 0.123 e.